The van der Waals surface area contributed by atoms with Gasteiger partial charge in [-0.3, -0.25) is 4.79 Å². The third-order valence-corrected chi connectivity index (χ3v) is 5.22. The molecule has 1 fully saturated rings. The molecule has 0 aliphatic carbocycles. The van der Waals surface area contributed by atoms with Crippen LogP contribution in [0.15, 0.2) is 24.3 Å². The Morgan fingerprint density at radius 2 is 2.19 bits per heavy atom. The molecule has 1 aromatic carbocycles. The van der Waals surface area contributed by atoms with Crippen molar-refractivity contribution in [3.63, 3.8) is 0 Å². The van der Waals surface area contributed by atoms with Gasteiger partial charge in [-0.2, -0.15) is 5.26 Å². The van der Waals surface area contributed by atoms with Gasteiger partial charge in [-0.05, 0) is 12.1 Å². The lowest BCUT2D eigenvalue weighted by Gasteiger charge is -2.26. The molecule has 0 radical (unpaired) electrons. The highest BCUT2D eigenvalue weighted by molar-refractivity contribution is 7.91. The summed E-state index contributed by atoms with van der Waals surface area (Å²) >= 11 is 0. The molecular formula is C14H17N3O3S. The average Bonchev–Trinajstić information content (AvgIpc) is 2.45. The Balaban J connectivity index is 2.08. The number of hydrogen-bond donors (Lipinski definition) is 1. The first kappa shape index (κ1) is 15.5. The highest BCUT2D eigenvalue weighted by atomic mass is 32.2. The Hall–Kier alpha value is -1.91. The van der Waals surface area contributed by atoms with Crippen LogP contribution in [0.4, 0.5) is 5.69 Å². The zero-order valence-corrected chi connectivity index (χ0v) is 12.6. The fourth-order valence-corrected chi connectivity index (χ4v) is 3.79. The van der Waals surface area contributed by atoms with Crippen molar-refractivity contribution < 1.29 is 13.2 Å². The van der Waals surface area contributed by atoms with E-state index in [2.05, 4.69) is 5.32 Å². The smallest absolute Gasteiger partial charge is 0.228 e. The Kier molecular flexibility index (Phi) is 4.60. The van der Waals surface area contributed by atoms with Crippen LogP contribution in [0.25, 0.3) is 0 Å². The van der Waals surface area contributed by atoms with Crippen LogP contribution in [0.3, 0.4) is 0 Å². The van der Waals surface area contributed by atoms with E-state index >= 15 is 0 Å². The molecule has 7 heteroatoms. The third kappa shape index (κ3) is 3.80. The van der Waals surface area contributed by atoms with Gasteiger partial charge in [0.05, 0.1) is 22.8 Å². The molecule has 1 aromatic rings. The maximum Gasteiger partial charge on any atom is 0.228 e. The summed E-state index contributed by atoms with van der Waals surface area (Å²) in [5.41, 5.74) is 0.946. The molecule has 1 amide bonds. The summed E-state index contributed by atoms with van der Waals surface area (Å²) in [5, 5.41) is 12.1. The maximum atomic E-state index is 12.3. The fourth-order valence-electron chi connectivity index (χ4n) is 2.34. The number of amides is 1. The van der Waals surface area contributed by atoms with Crippen LogP contribution in [0.5, 0.6) is 0 Å². The number of rotatable bonds is 3. The number of nitriles is 1. The summed E-state index contributed by atoms with van der Waals surface area (Å²) in [6.45, 7) is 0.374. The lowest BCUT2D eigenvalue weighted by Crippen LogP contribution is -2.47. The van der Waals surface area contributed by atoms with E-state index in [4.69, 9.17) is 5.26 Å². The first-order valence-electron chi connectivity index (χ1n) is 6.62. The Bertz CT molecular complexity index is 679. The van der Waals surface area contributed by atoms with E-state index in [1.54, 1.807) is 31.3 Å². The molecule has 0 saturated carbocycles. The fraction of sp³-hybridized carbons (Fsp3) is 0.429. The molecule has 1 heterocycles. The molecule has 1 atom stereocenters. The van der Waals surface area contributed by atoms with Crippen LogP contribution < -0.4 is 10.2 Å². The van der Waals surface area contributed by atoms with Crippen molar-refractivity contribution >= 4 is 21.4 Å². The SMILES string of the molecule is CN(C(=O)CC1CS(=O)(=O)CCN1)c1ccccc1C#N. The van der Waals surface area contributed by atoms with Crippen LogP contribution in [0.1, 0.15) is 12.0 Å². The van der Waals surface area contributed by atoms with Gasteiger partial charge < -0.3 is 10.2 Å². The molecule has 1 aliphatic rings. The normalized spacial score (nSPS) is 20.5. The van der Waals surface area contributed by atoms with Gasteiger partial charge in [0, 0.05) is 26.1 Å². The lowest BCUT2D eigenvalue weighted by molar-refractivity contribution is -0.118. The van der Waals surface area contributed by atoms with Gasteiger partial charge in [0.1, 0.15) is 6.07 Å². The Morgan fingerprint density at radius 3 is 2.86 bits per heavy atom. The molecule has 6 nitrogen and oxygen atoms in total. The molecular weight excluding hydrogens is 290 g/mol. The number of para-hydroxylation sites is 1. The average molecular weight is 307 g/mol. The number of carbonyl (C=O) groups is 1. The van der Waals surface area contributed by atoms with Crippen molar-refractivity contribution in [1.82, 2.24) is 5.32 Å². The Morgan fingerprint density at radius 1 is 1.48 bits per heavy atom. The van der Waals surface area contributed by atoms with Crippen molar-refractivity contribution in [2.24, 2.45) is 0 Å². The van der Waals surface area contributed by atoms with Gasteiger partial charge in [-0.25, -0.2) is 8.42 Å². The van der Waals surface area contributed by atoms with Gasteiger partial charge in [0.2, 0.25) is 5.91 Å². The first-order chi connectivity index (χ1) is 9.93. The van der Waals surface area contributed by atoms with Crippen molar-refractivity contribution in [2.75, 3.05) is 30.0 Å². The van der Waals surface area contributed by atoms with E-state index in [9.17, 15) is 13.2 Å². The zero-order chi connectivity index (χ0) is 15.5. The van der Waals surface area contributed by atoms with Crippen molar-refractivity contribution in [3.8, 4) is 6.07 Å². The summed E-state index contributed by atoms with van der Waals surface area (Å²) in [6, 6.07) is 8.50. The van der Waals surface area contributed by atoms with Crippen LogP contribution in [-0.4, -0.2) is 45.5 Å². The minimum atomic E-state index is -3.07. The number of anilines is 1. The predicted molar refractivity (Wildman–Crippen MR) is 79.6 cm³/mol. The minimum Gasteiger partial charge on any atom is -0.314 e. The second-order valence-electron chi connectivity index (χ2n) is 5.05. The summed E-state index contributed by atoms with van der Waals surface area (Å²) in [5.74, 6) is -0.121. The third-order valence-electron chi connectivity index (χ3n) is 3.48. The van der Waals surface area contributed by atoms with Crippen molar-refractivity contribution in [2.45, 2.75) is 12.5 Å². The van der Waals surface area contributed by atoms with Gasteiger partial charge in [0.25, 0.3) is 0 Å². The van der Waals surface area contributed by atoms with Gasteiger partial charge >= 0.3 is 0 Å². The number of hydrogen-bond acceptors (Lipinski definition) is 5. The van der Waals surface area contributed by atoms with E-state index in [0.29, 0.717) is 17.8 Å². The van der Waals surface area contributed by atoms with Gasteiger partial charge in [-0.15, -0.1) is 0 Å². The zero-order valence-electron chi connectivity index (χ0n) is 11.7. The van der Waals surface area contributed by atoms with Crippen LogP contribution >= 0.6 is 0 Å². The summed E-state index contributed by atoms with van der Waals surface area (Å²) in [7, 11) is -1.47. The second-order valence-corrected chi connectivity index (χ2v) is 7.28. The number of sulfone groups is 1. The van der Waals surface area contributed by atoms with E-state index in [0.717, 1.165) is 0 Å². The van der Waals surface area contributed by atoms with E-state index < -0.39 is 9.84 Å². The molecule has 0 spiro atoms. The first-order valence-corrected chi connectivity index (χ1v) is 8.44. The molecule has 21 heavy (non-hydrogen) atoms. The quantitative estimate of drug-likeness (QED) is 0.867. The molecule has 112 valence electrons. The summed E-state index contributed by atoms with van der Waals surface area (Å²) in [6.07, 6.45) is 0.0928. The molecule has 0 aromatic heterocycles. The number of nitrogens with zero attached hydrogens (tertiary/aromatic N) is 2. The maximum absolute atomic E-state index is 12.3. The molecule has 0 bridgehead atoms. The largest absolute Gasteiger partial charge is 0.314 e. The molecule has 1 saturated heterocycles. The number of nitrogens with one attached hydrogen (secondary N) is 1. The monoisotopic (exact) mass is 307 g/mol. The van der Waals surface area contributed by atoms with Crippen LogP contribution in [0, 0.1) is 11.3 Å². The highest BCUT2D eigenvalue weighted by Gasteiger charge is 2.27. The van der Waals surface area contributed by atoms with Crippen LogP contribution in [0.2, 0.25) is 0 Å². The number of benzene rings is 1. The lowest BCUT2D eigenvalue weighted by atomic mass is 10.1. The summed E-state index contributed by atoms with van der Waals surface area (Å²) < 4.78 is 23.1. The van der Waals surface area contributed by atoms with Crippen molar-refractivity contribution in [1.29, 1.82) is 5.26 Å². The molecule has 1 aliphatic heterocycles. The second kappa shape index (κ2) is 6.24. The van der Waals surface area contributed by atoms with Crippen molar-refractivity contribution in [3.05, 3.63) is 29.8 Å². The minimum absolute atomic E-state index is 0.0214. The Labute approximate surface area is 124 Å². The summed E-state index contributed by atoms with van der Waals surface area (Å²) in [4.78, 5) is 13.7. The molecule has 1 unspecified atom stereocenters. The van der Waals surface area contributed by atoms with Gasteiger partial charge in [0.15, 0.2) is 9.84 Å². The van der Waals surface area contributed by atoms with E-state index in [1.807, 2.05) is 6.07 Å². The van der Waals surface area contributed by atoms with Crippen LogP contribution in [-0.2, 0) is 14.6 Å². The number of carbonyl (C=O) groups excluding carboxylic acids is 1. The topological polar surface area (TPSA) is 90.3 Å². The standard InChI is InChI=1S/C14H17N3O3S/c1-17(13-5-3-2-4-11(13)9-15)14(18)8-12-10-21(19,20)7-6-16-12/h2-5,12,16H,6-8,10H2,1H3. The van der Waals surface area contributed by atoms with E-state index in [-0.39, 0.29) is 29.9 Å². The highest BCUT2D eigenvalue weighted by Crippen LogP contribution is 2.19. The van der Waals surface area contributed by atoms with E-state index in [1.165, 1.54) is 4.90 Å². The predicted octanol–water partition coefficient (Wildman–Crippen LogP) is 0.298. The molecule has 2 rings (SSSR count). The van der Waals surface area contributed by atoms with Gasteiger partial charge in [-0.1, -0.05) is 12.1 Å². The molecule has 1 N–H and O–H groups in total.